The number of rotatable bonds is 4. The van der Waals surface area contributed by atoms with Gasteiger partial charge in [0, 0.05) is 30.5 Å². The molecule has 1 aliphatic heterocycles. The highest BCUT2D eigenvalue weighted by atomic mass is 79.9. The third-order valence-electron chi connectivity index (χ3n) is 4.82. The zero-order chi connectivity index (χ0) is 21.6. The third-order valence-corrected chi connectivity index (χ3v) is 5.32. The fourth-order valence-corrected chi connectivity index (χ4v) is 3.71. The first-order chi connectivity index (χ1) is 14.3. The maximum atomic E-state index is 12.3. The minimum atomic E-state index is -0.629. The lowest BCUT2D eigenvalue weighted by Gasteiger charge is -2.08. The molecule has 2 N–H and O–H groups in total. The standard InChI is InChI=1S/C18H16BrN7O4/c1-24-16-14(17(29)25(2)18(24)30)20-8-26(16)7-13(27)23-21-6-11-10-5-9(19)3-4-12(10)22-15(11)28/h3-6,8,11H,7H2,1-2H3,(H,22,28)(H,23,27). The van der Waals surface area contributed by atoms with E-state index in [-0.39, 0.29) is 23.6 Å². The molecule has 154 valence electrons. The number of hydrogen-bond donors (Lipinski definition) is 2. The Kier molecular flexibility index (Phi) is 4.86. The molecular weight excluding hydrogens is 458 g/mol. The summed E-state index contributed by atoms with van der Waals surface area (Å²) in [7, 11) is 2.85. The van der Waals surface area contributed by atoms with E-state index in [0.29, 0.717) is 5.69 Å². The van der Waals surface area contributed by atoms with Crippen LogP contribution >= 0.6 is 15.9 Å². The fourth-order valence-electron chi connectivity index (χ4n) is 3.33. The molecule has 0 aliphatic carbocycles. The summed E-state index contributed by atoms with van der Waals surface area (Å²) < 4.78 is 4.41. The van der Waals surface area contributed by atoms with E-state index in [1.807, 2.05) is 12.1 Å². The largest absolute Gasteiger partial charge is 0.332 e. The van der Waals surface area contributed by atoms with Crippen LogP contribution in [0, 0.1) is 0 Å². The van der Waals surface area contributed by atoms with Crippen LogP contribution in [-0.4, -0.2) is 36.7 Å². The zero-order valence-corrected chi connectivity index (χ0v) is 17.5. The second kappa shape index (κ2) is 7.37. The monoisotopic (exact) mass is 473 g/mol. The lowest BCUT2D eigenvalue weighted by molar-refractivity contribution is -0.121. The Labute approximate surface area is 177 Å². The van der Waals surface area contributed by atoms with E-state index >= 15 is 0 Å². The van der Waals surface area contributed by atoms with Crippen molar-refractivity contribution in [2.45, 2.75) is 12.5 Å². The summed E-state index contributed by atoms with van der Waals surface area (Å²) in [6, 6.07) is 5.41. The molecule has 3 heterocycles. The first kappa shape index (κ1) is 19.8. The third kappa shape index (κ3) is 3.24. The number of amides is 2. The van der Waals surface area contributed by atoms with Crippen LogP contribution in [0.2, 0.25) is 0 Å². The molecule has 11 nitrogen and oxygen atoms in total. The van der Waals surface area contributed by atoms with Crippen LogP contribution < -0.4 is 22.0 Å². The van der Waals surface area contributed by atoms with E-state index in [1.165, 1.54) is 35.8 Å². The molecule has 12 heteroatoms. The van der Waals surface area contributed by atoms with Crippen molar-refractivity contribution in [2.75, 3.05) is 5.32 Å². The Bertz CT molecular complexity index is 1350. The number of nitrogens with zero attached hydrogens (tertiary/aromatic N) is 5. The molecule has 0 radical (unpaired) electrons. The van der Waals surface area contributed by atoms with Gasteiger partial charge in [0.1, 0.15) is 18.1 Å². The Hall–Kier alpha value is -3.54. The van der Waals surface area contributed by atoms with Gasteiger partial charge >= 0.3 is 5.69 Å². The van der Waals surface area contributed by atoms with Gasteiger partial charge < -0.3 is 9.88 Å². The van der Waals surface area contributed by atoms with Crippen LogP contribution in [-0.2, 0) is 30.2 Å². The molecule has 0 saturated heterocycles. The number of carbonyl (C=O) groups excluding carboxylic acids is 2. The molecular formula is C18H16BrN7O4. The molecule has 2 amide bonds. The van der Waals surface area contributed by atoms with E-state index in [9.17, 15) is 19.2 Å². The highest BCUT2D eigenvalue weighted by molar-refractivity contribution is 9.10. The first-order valence-electron chi connectivity index (χ1n) is 8.81. The van der Waals surface area contributed by atoms with Gasteiger partial charge in [-0.3, -0.25) is 23.5 Å². The van der Waals surface area contributed by atoms with Crippen LogP contribution in [0.25, 0.3) is 11.2 Å². The van der Waals surface area contributed by atoms with Crippen molar-refractivity contribution in [1.29, 1.82) is 0 Å². The summed E-state index contributed by atoms with van der Waals surface area (Å²) in [6.07, 6.45) is 2.66. The van der Waals surface area contributed by atoms with E-state index in [4.69, 9.17) is 0 Å². The topological polar surface area (TPSA) is 132 Å². The highest BCUT2D eigenvalue weighted by Gasteiger charge is 2.29. The van der Waals surface area contributed by atoms with Gasteiger partial charge in [0.05, 0.1) is 6.33 Å². The van der Waals surface area contributed by atoms with Gasteiger partial charge in [-0.1, -0.05) is 15.9 Å². The molecule has 0 fully saturated rings. The van der Waals surface area contributed by atoms with Crippen molar-refractivity contribution in [1.82, 2.24) is 24.1 Å². The summed E-state index contributed by atoms with van der Waals surface area (Å²) >= 11 is 3.37. The second-order valence-electron chi connectivity index (χ2n) is 6.76. The molecule has 1 unspecified atom stereocenters. The number of benzene rings is 1. The number of carbonyl (C=O) groups is 2. The van der Waals surface area contributed by atoms with Crippen LogP contribution in [0.1, 0.15) is 11.5 Å². The van der Waals surface area contributed by atoms with Gasteiger partial charge in [-0.2, -0.15) is 5.10 Å². The predicted molar refractivity (Wildman–Crippen MR) is 112 cm³/mol. The maximum Gasteiger partial charge on any atom is 0.332 e. The molecule has 2 aromatic heterocycles. The van der Waals surface area contributed by atoms with E-state index < -0.39 is 23.1 Å². The molecule has 30 heavy (non-hydrogen) atoms. The van der Waals surface area contributed by atoms with Crippen molar-refractivity contribution in [3.63, 3.8) is 0 Å². The minimum absolute atomic E-state index is 0.0840. The summed E-state index contributed by atoms with van der Waals surface area (Å²) in [5.74, 6) is -1.38. The lowest BCUT2D eigenvalue weighted by Crippen LogP contribution is -2.37. The van der Waals surface area contributed by atoms with Gasteiger partial charge in [0.2, 0.25) is 5.91 Å². The predicted octanol–water partition coefficient (Wildman–Crippen LogP) is 0.0341. The molecule has 1 aromatic carbocycles. The normalized spacial score (nSPS) is 15.6. The number of aromatic nitrogens is 4. The fraction of sp³-hybridized carbons (Fsp3) is 0.222. The van der Waals surface area contributed by atoms with Crippen molar-refractivity contribution in [3.8, 4) is 0 Å². The number of halogens is 1. The van der Waals surface area contributed by atoms with E-state index in [2.05, 4.69) is 36.8 Å². The van der Waals surface area contributed by atoms with Crippen molar-refractivity contribution >= 4 is 50.8 Å². The van der Waals surface area contributed by atoms with Gasteiger partial charge in [0.25, 0.3) is 11.5 Å². The average Bonchev–Trinajstić information content (AvgIpc) is 3.26. The van der Waals surface area contributed by atoms with Gasteiger partial charge in [0.15, 0.2) is 5.52 Å². The van der Waals surface area contributed by atoms with E-state index in [0.717, 1.165) is 14.6 Å². The number of fused-ring (bicyclic) bond motifs is 2. The van der Waals surface area contributed by atoms with Gasteiger partial charge in [-0.05, 0) is 23.8 Å². The number of aryl methyl sites for hydroxylation is 1. The smallest absolute Gasteiger partial charge is 0.325 e. The van der Waals surface area contributed by atoms with Crippen LogP contribution in [0.4, 0.5) is 5.69 Å². The molecule has 1 aliphatic rings. The first-order valence-corrected chi connectivity index (χ1v) is 9.60. The number of hydrazone groups is 1. The van der Waals surface area contributed by atoms with Crippen molar-refractivity contribution in [3.05, 3.63) is 55.4 Å². The highest BCUT2D eigenvalue weighted by Crippen LogP contribution is 2.33. The SMILES string of the molecule is Cn1c(=O)c2ncn(CC(=O)NN=CC3C(=O)Nc4ccc(Br)cc43)c2n(C)c1=O. The summed E-state index contributed by atoms with van der Waals surface area (Å²) in [5, 5.41) is 6.65. The molecule has 3 aromatic rings. The molecule has 0 bridgehead atoms. The van der Waals surface area contributed by atoms with Crippen molar-refractivity contribution < 1.29 is 9.59 Å². The zero-order valence-electron chi connectivity index (χ0n) is 15.9. The van der Waals surface area contributed by atoms with Crippen LogP contribution in [0.5, 0.6) is 0 Å². The lowest BCUT2D eigenvalue weighted by atomic mass is 10.0. The Morgan fingerprint density at radius 1 is 1.30 bits per heavy atom. The average molecular weight is 474 g/mol. The molecule has 4 rings (SSSR count). The Morgan fingerprint density at radius 2 is 2.07 bits per heavy atom. The molecule has 1 atom stereocenters. The summed E-state index contributed by atoms with van der Waals surface area (Å²) in [5.41, 5.74) is 3.05. The van der Waals surface area contributed by atoms with E-state index in [1.54, 1.807) is 6.07 Å². The number of hydrogen-bond acceptors (Lipinski definition) is 6. The number of nitrogens with one attached hydrogen (secondary N) is 2. The summed E-state index contributed by atoms with van der Waals surface area (Å²) in [6.45, 7) is -0.215. The number of imidazole rings is 1. The van der Waals surface area contributed by atoms with Crippen LogP contribution in [0.3, 0.4) is 0 Å². The van der Waals surface area contributed by atoms with Gasteiger partial charge in [-0.25, -0.2) is 15.2 Å². The maximum absolute atomic E-state index is 12.3. The van der Waals surface area contributed by atoms with Gasteiger partial charge in [-0.15, -0.1) is 0 Å². The molecule has 0 spiro atoms. The van der Waals surface area contributed by atoms with Crippen LogP contribution in [0.15, 0.2) is 43.7 Å². The van der Waals surface area contributed by atoms with Crippen molar-refractivity contribution in [2.24, 2.45) is 19.2 Å². The minimum Gasteiger partial charge on any atom is -0.325 e. The second-order valence-corrected chi connectivity index (χ2v) is 7.68. The quantitative estimate of drug-likeness (QED) is 0.407. The Balaban J connectivity index is 1.52. The molecule has 0 saturated carbocycles. The Morgan fingerprint density at radius 3 is 2.83 bits per heavy atom. The summed E-state index contributed by atoms with van der Waals surface area (Å²) in [4.78, 5) is 52.8. The number of anilines is 1.